The van der Waals surface area contributed by atoms with E-state index in [1.807, 2.05) is 14.1 Å². The van der Waals surface area contributed by atoms with Crippen molar-refractivity contribution in [1.29, 1.82) is 0 Å². The number of rotatable bonds is 11. The van der Waals surface area contributed by atoms with Crippen LogP contribution in [0.2, 0.25) is 0 Å². The van der Waals surface area contributed by atoms with E-state index in [1.165, 1.54) is 24.3 Å². The molecule has 2 N–H and O–H groups in total. The number of hydrogen-bond acceptors (Lipinski definition) is 5. The summed E-state index contributed by atoms with van der Waals surface area (Å²) in [5.74, 6) is 0.237. The summed E-state index contributed by atoms with van der Waals surface area (Å²) in [5, 5.41) is 12.8. The fourth-order valence-corrected chi connectivity index (χ4v) is 1.54. The zero-order chi connectivity index (χ0) is 15.5. The van der Waals surface area contributed by atoms with E-state index in [9.17, 15) is 9.50 Å². The number of ether oxygens (including phenoxy) is 2. The highest BCUT2D eigenvalue weighted by Gasteiger charge is 2.04. The molecule has 0 aliphatic carbocycles. The Labute approximate surface area is 125 Å². The predicted octanol–water partition coefficient (Wildman–Crippen LogP) is 0.733. The molecule has 1 aromatic carbocycles. The van der Waals surface area contributed by atoms with Gasteiger partial charge in [0.25, 0.3) is 0 Å². The van der Waals surface area contributed by atoms with E-state index >= 15 is 0 Å². The van der Waals surface area contributed by atoms with Crippen LogP contribution < -0.4 is 10.1 Å². The molecule has 0 heterocycles. The van der Waals surface area contributed by atoms with Gasteiger partial charge in [-0.3, -0.25) is 0 Å². The summed E-state index contributed by atoms with van der Waals surface area (Å²) in [6, 6.07) is 5.72. The summed E-state index contributed by atoms with van der Waals surface area (Å²) >= 11 is 0. The number of hydrogen-bond donors (Lipinski definition) is 2. The Morgan fingerprint density at radius 3 is 2.62 bits per heavy atom. The van der Waals surface area contributed by atoms with Crippen molar-refractivity contribution in [2.75, 3.05) is 53.6 Å². The Morgan fingerprint density at radius 2 is 1.95 bits per heavy atom. The molecule has 0 spiro atoms. The molecular formula is C15H25FN2O3. The lowest BCUT2D eigenvalue weighted by atomic mass is 10.3. The molecule has 5 nitrogen and oxygen atoms in total. The van der Waals surface area contributed by atoms with E-state index in [4.69, 9.17) is 9.47 Å². The zero-order valence-corrected chi connectivity index (χ0v) is 12.7. The molecule has 0 saturated carbocycles. The lowest BCUT2D eigenvalue weighted by molar-refractivity contribution is 0.0954. The first-order valence-electron chi connectivity index (χ1n) is 7.07. The molecule has 1 atom stereocenters. The molecule has 1 rings (SSSR count). The molecule has 120 valence electrons. The minimum atomic E-state index is -0.614. The SMILES string of the molecule is CN(C)CCOCCNCC(O)COc1ccc(F)cc1. The monoisotopic (exact) mass is 300 g/mol. The van der Waals surface area contributed by atoms with Crippen LogP contribution in [0.25, 0.3) is 0 Å². The first-order chi connectivity index (χ1) is 10.1. The Kier molecular flexibility index (Phi) is 8.93. The van der Waals surface area contributed by atoms with E-state index in [1.54, 1.807) is 0 Å². The van der Waals surface area contributed by atoms with E-state index in [0.29, 0.717) is 32.1 Å². The topological polar surface area (TPSA) is 54.0 Å². The molecular weight excluding hydrogens is 275 g/mol. The summed E-state index contributed by atoms with van der Waals surface area (Å²) in [7, 11) is 4.00. The summed E-state index contributed by atoms with van der Waals surface area (Å²) in [4.78, 5) is 2.06. The second-order valence-corrected chi connectivity index (χ2v) is 5.04. The standard InChI is InChI=1S/C15H25FN2O3/c1-18(2)8-10-20-9-7-17-11-14(19)12-21-15-5-3-13(16)4-6-15/h3-6,14,17,19H,7-12H2,1-2H3. The highest BCUT2D eigenvalue weighted by atomic mass is 19.1. The summed E-state index contributed by atoms with van der Waals surface area (Å²) < 4.78 is 23.5. The van der Waals surface area contributed by atoms with Gasteiger partial charge in [0.1, 0.15) is 24.3 Å². The summed E-state index contributed by atoms with van der Waals surface area (Å²) in [6.07, 6.45) is -0.614. The van der Waals surface area contributed by atoms with Crippen LogP contribution in [0.1, 0.15) is 0 Å². The van der Waals surface area contributed by atoms with Crippen LogP contribution in [-0.4, -0.2) is 69.7 Å². The van der Waals surface area contributed by atoms with Crippen molar-refractivity contribution in [3.63, 3.8) is 0 Å². The van der Waals surface area contributed by atoms with Gasteiger partial charge in [-0.15, -0.1) is 0 Å². The van der Waals surface area contributed by atoms with Crippen molar-refractivity contribution in [3.8, 4) is 5.75 Å². The molecule has 21 heavy (non-hydrogen) atoms. The number of benzene rings is 1. The van der Waals surface area contributed by atoms with Gasteiger partial charge in [-0.2, -0.15) is 0 Å². The highest BCUT2D eigenvalue weighted by molar-refractivity contribution is 5.22. The van der Waals surface area contributed by atoms with Gasteiger partial charge in [0.05, 0.1) is 13.2 Å². The molecule has 0 amide bonds. The maximum atomic E-state index is 12.7. The normalized spacial score (nSPS) is 12.6. The minimum Gasteiger partial charge on any atom is -0.491 e. The van der Waals surface area contributed by atoms with Gasteiger partial charge in [-0.05, 0) is 38.4 Å². The summed E-state index contributed by atoms with van der Waals surface area (Å²) in [5.41, 5.74) is 0. The lowest BCUT2D eigenvalue weighted by Gasteiger charge is -2.14. The fraction of sp³-hybridized carbons (Fsp3) is 0.600. The van der Waals surface area contributed by atoms with E-state index in [-0.39, 0.29) is 12.4 Å². The molecule has 0 aromatic heterocycles. The molecule has 0 bridgehead atoms. The highest BCUT2D eigenvalue weighted by Crippen LogP contribution is 2.10. The number of halogens is 1. The van der Waals surface area contributed by atoms with Crippen LogP contribution in [0.5, 0.6) is 5.75 Å². The third-order valence-electron chi connectivity index (χ3n) is 2.74. The Balaban J connectivity index is 1.98. The van der Waals surface area contributed by atoms with Crippen LogP contribution in [0.4, 0.5) is 4.39 Å². The van der Waals surface area contributed by atoms with Gasteiger partial charge in [0.2, 0.25) is 0 Å². The first-order valence-corrected chi connectivity index (χ1v) is 7.07. The van der Waals surface area contributed by atoms with E-state index in [0.717, 1.165) is 6.54 Å². The van der Waals surface area contributed by atoms with Crippen LogP contribution in [-0.2, 0) is 4.74 Å². The molecule has 6 heteroatoms. The van der Waals surface area contributed by atoms with E-state index < -0.39 is 6.10 Å². The number of aliphatic hydroxyl groups is 1. The molecule has 0 radical (unpaired) electrons. The van der Waals surface area contributed by atoms with Crippen molar-refractivity contribution in [2.45, 2.75) is 6.10 Å². The summed E-state index contributed by atoms with van der Waals surface area (Å²) in [6.45, 7) is 3.48. The molecule has 1 unspecified atom stereocenters. The average Bonchev–Trinajstić information content (AvgIpc) is 2.45. The van der Waals surface area contributed by atoms with E-state index in [2.05, 4.69) is 10.2 Å². The number of nitrogens with one attached hydrogen (secondary N) is 1. The molecule has 0 aliphatic rings. The van der Waals surface area contributed by atoms with Crippen molar-refractivity contribution in [3.05, 3.63) is 30.1 Å². The second-order valence-electron chi connectivity index (χ2n) is 5.04. The first kappa shape index (κ1) is 17.8. The Morgan fingerprint density at radius 1 is 1.24 bits per heavy atom. The predicted molar refractivity (Wildman–Crippen MR) is 80.1 cm³/mol. The second kappa shape index (κ2) is 10.5. The largest absolute Gasteiger partial charge is 0.491 e. The van der Waals surface area contributed by atoms with Crippen molar-refractivity contribution in [2.24, 2.45) is 0 Å². The van der Waals surface area contributed by atoms with Gasteiger partial charge >= 0.3 is 0 Å². The zero-order valence-electron chi connectivity index (χ0n) is 12.7. The third kappa shape index (κ3) is 9.36. The van der Waals surface area contributed by atoms with Crippen LogP contribution in [0.15, 0.2) is 24.3 Å². The van der Waals surface area contributed by atoms with Gasteiger partial charge in [-0.1, -0.05) is 0 Å². The quantitative estimate of drug-likeness (QED) is 0.590. The Hall–Kier alpha value is -1.21. The Bertz CT molecular complexity index is 374. The molecule has 0 fully saturated rings. The van der Waals surface area contributed by atoms with Crippen molar-refractivity contribution < 1.29 is 19.0 Å². The van der Waals surface area contributed by atoms with Crippen LogP contribution >= 0.6 is 0 Å². The van der Waals surface area contributed by atoms with Gasteiger partial charge < -0.3 is 24.8 Å². The average molecular weight is 300 g/mol. The maximum Gasteiger partial charge on any atom is 0.123 e. The molecule has 1 aromatic rings. The minimum absolute atomic E-state index is 0.167. The third-order valence-corrected chi connectivity index (χ3v) is 2.74. The molecule has 0 saturated heterocycles. The number of nitrogens with zero attached hydrogens (tertiary/aromatic N) is 1. The van der Waals surface area contributed by atoms with Gasteiger partial charge in [0, 0.05) is 19.6 Å². The van der Waals surface area contributed by atoms with Crippen molar-refractivity contribution >= 4 is 0 Å². The fourth-order valence-electron chi connectivity index (χ4n) is 1.54. The van der Waals surface area contributed by atoms with Crippen LogP contribution in [0.3, 0.4) is 0 Å². The molecule has 0 aliphatic heterocycles. The van der Waals surface area contributed by atoms with Gasteiger partial charge in [0.15, 0.2) is 0 Å². The van der Waals surface area contributed by atoms with Crippen LogP contribution in [0, 0.1) is 5.82 Å². The number of aliphatic hydroxyl groups excluding tert-OH is 1. The lowest BCUT2D eigenvalue weighted by Crippen LogP contribution is -2.33. The van der Waals surface area contributed by atoms with Gasteiger partial charge in [-0.25, -0.2) is 4.39 Å². The smallest absolute Gasteiger partial charge is 0.123 e. The maximum absolute atomic E-state index is 12.7. The van der Waals surface area contributed by atoms with Crippen molar-refractivity contribution in [1.82, 2.24) is 10.2 Å². The number of likely N-dealkylation sites (N-methyl/N-ethyl adjacent to an activating group) is 1.